The van der Waals surface area contributed by atoms with Crippen molar-refractivity contribution in [3.05, 3.63) is 69.1 Å². The third-order valence-electron chi connectivity index (χ3n) is 3.60. The van der Waals surface area contributed by atoms with Crippen molar-refractivity contribution in [1.82, 2.24) is 9.47 Å². The van der Waals surface area contributed by atoms with Gasteiger partial charge in [0.15, 0.2) is 0 Å². The van der Waals surface area contributed by atoms with E-state index in [9.17, 15) is 9.59 Å². The standard InChI is InChI=1S/C16H17ClN2O2/c1-11(12-4-6-14(17)7-5-12)19(3)16(21)13-8-9-18(2)15(20)10-13/h4-11H,1-3H3. The van der Waals surface area contributed by atoms with Crippen LogP contribution in [0, 0.1) is 0 Å². The molecule has 0 bridgehead atoms. The summed E-state index contributed by atoms with van der Waals surface area (Å²) in [7, 11) is 3.37. The van der Waals surface area contributed by atoms with Crippen LogP contribution in [-0.2, 0) is 7.05 Å². The molecule has 0 saturated heterocycles. The number of carbonyl (C=O) groups excluding carboxylic acids is 1. The molecular weight excluding hydrogens is 288 g/mol. The van der Waals surface area contributed by atoms with Crippen LogP contribution in [0.2, 0.25) is 5.02 Å². The first-order valence-corrected chi connectivity index (χ1v) is 6.97. The number of aromatic nitrogens is 1. The molecule has 0 aliphatic rings. The maximum atomic E-state index is 12.4. The predicted molar refractivity (Wildman–Crippen MR) is 83.6 cm³/mol. The molecule has 1 atom stereocenters. The Morgan fingerprint density at radius 2 is 1.86 bits per heavy atom. The Bertz CT molecular complexity index is 707. The zero-order valence-electron chi connectivity index (χ0n) is 12.2. The normalized spacial score (nSPS) is 12.0. The number of hydrogen-bond acceptors (Lipinski definition) is 2. The van der Waals surface area contributed by atoms with Crippen molar-refractivity contribution >= 4 is 17.5 Å². The van der Waals surface area contributed by atoms with Crippen molar-refractivity contribution in [2.75, 3.05) is 7.05 Å². The van der Waals surface area contributed by atoms with Gasteiger partial charge in [-0.25, -0.2) is 0 Å². The molecule has 2 rings (SSSR count). The highest BCUT2D eigenvalue weighted by Crippen LogP contribution is 2.22. The highest BCUT2D eigenvalue weighted by molar-refractivity contribution is 6.30. The minimum absolute atomic E-state index is 0.112. The van der Waals surface area contributed by atoms with Crippen LogP contribution in [0.25, 0.3) is 0 Å². The second kappa shape index (κ2) is 6.14. The van der Waals surface area contributed by atoms with Crippen molar-refractivity contribution < 1.29 is 4.79 Å². The number of nitrogens with zero attached hydrogens (tertiary/aromatic N) is 2. The van der Waals surface area contributed by atoms with Gasteiger partial charge in [-0.2, -0.15) is 0 Å². The lowest BCUT2D eigenvalue weighted by molar-refractivity contribution is 0.0742. The summed E-state index contributed by atoms with van der Waals surface area (Å²) < 4.78 is 1.43. The molecule has 0 radical (unpaired) electrons. The van der Waals surface area contributed by atoms with E-state index in [1.165, 1.54) is 10.6 Å². The monoisotopic (exact) mass is 304 g/mol. The van der Waals surface area contributed by atoms with Crippen LogP contribution in [0.3, 0.4) is 0 Å². The molecule has 1 unspecified atom stereocenters. The first-order valence-electron chi connectivity index (χ1n) is 6.59. The first-order chi connectivity index (χ1) is 9.90. The lowest BCUT2D eigenvalue weighted by Crippen LogP contribution is -2.31. The Hall–Kier alpha value is -2.07. The topological polar surface area (TPSA) is 42.3 Å². The van der Waals surface area contributed by atoms with Crippen molar-refractivity contribution in [2.24, 2.45) is 7.05 Å². The third kappa shape index (κ3) is 3.34. The van der Waals surface area contributed by atoms with Gasteiger partial charge in [0.05, 0.1) is 6.04 Å². The largest absolute Gasteiger partial charge is 0.335 e. The van der Waals surface area contributed by atoms with Gasteiger partial charge in [0.25, 0.3) is 11.5 Å². The summed E-state index contributed by atoms with van der Waals surface area (Å²) in [6.07, 6.45) is 1.59. The van der Waals surface area contributed by atoms with Crippen LogP contribution < -0.4 is 5.56 Å². The maximum Gasteiger partial charge on any atom is 0.254 e. The molecule has 1 amide bonds. The molecule has 0 aliphatic carbocycles. The summed E-state index contributed by atoms with van der Waals surface area (Å²) in [4.78, 5) is 25.7. The average Bonchev–Trinajstić information content (AvgIpc) is 2.48. The van der Waals surface area contributed by atoms with Gasteiger partial charge in [0.2, 0.25) is 0 Å². The molecule has 21 heavy (non-hydrogen) atoms. The van der Waals surface area contributed by atoms with Gasteiger partial charge in [-0.05, 0) is 30.7 Å². The highest BCUT2D eigenvalue weighted by Gasteiger charge is 2.19. The Morgan fingerprint density at radius 1 is 1.24 bits per heavy atom. The van der Waals surface area contributed by atoms with Crippen LogP contribution in [0.1, 0.15) is 28.9 Å². The number of aryl methyl sites for hydroxylation is 1. The molecule has 5 heteroatoms. The van der Waals surface area contributed by atoms with Crippen LogP contribution in [-0.4, -0.2) is 22.4 Å². The van der Waals surface area contributed by atoms with Crippen LogP contribution in [0.15, 0.2) is 47.4 Å². The first kappa shape index (κ1) is 15.3. The SMILES string of the molecule is CC(c1ccc(Cl)cc1)N(C)C(=O)c1ccn(C)c(=O)c1. The maximum absolute atomic E-state index is 12.4. The van der Waals surface area contributed by atoms with Crippen molar-refractivity contribution in [3.8, 4) is 0 Å². The lowest BCUT2D eigenvalue weighted by Gasteiger charge is -2.25. The molecule has 110 valence electrons. The van der Waals surface area contributed by atoms with Gasteiger partial charge in [0, 0.05) is 36.9 Å². The van der Waals surface area contributed by atoms with E-state index in [2.05, 4.69) is 0 Å². The molecule has 0 aliphatic heterocycles. The summed E-state index contributed by atoms with van der Waals surface area (Å²) in [5.41, 5.74) is 1.17. The fourth-order valence-electron chi connectivity index (χ4n) is 2.03. The van der Waals surface area contributed by atoms with E-state index < -0.39 is 0 Å². The van der Waals surface area contributed by atoms with Crippen LogP contribution in [0.5, 0.6) is 0 Å². The zero-order chi connectivity index (χ0) is 15.6. The van der Waals surface area contributed by atoms with Crippen molar-refractivity contribution in [2.45, 2.75) is 13.0 Å². The molecule has 1 heterocycles. The highest BCUT2D eigenvalue weighted by atomic mass is 35.5. The van der Waals surface area contributed by atoms with E-state index >= 15 is 0 Å². The smallest absolute Gasteiger partial charge is 0.254 e. The number of benzene rings is 1. The summed E-state index contributed by atoms with van der Waals surface area (Å²) in [6, 6.07) is 10.3. The van der Waals surface area contributed by atoms with Gasteiger partial charge in [-0.3, -0.25) is 9.59 Å². The second-order valence-electron chi connectivity index (χ2n) is 5.01. The summed E-state index contributed by atoms with van der Waals surface area (Å²) in [5.74, 6) is -0.185. The summed E-state index contributed by atoms with van der Waals surface area (Å²) in [6.45, 7) is 1.93. The fourth-order valence-corrected chi connectivity index (χ4v) is 2.15. The molecule has 0 N–H and O–H groups in total. The zero-order valence-corrected chi connectivity index (χ0v) is 13.0. The number of carbonyl (C=O) groups is 1. The minimum Gasteiger partial charge on any atom is -0.335 e. The van der Waals surface area contributed by atoms with Gasteiger partial charge in [-0.1, -0.05) is 23.7 Å². The van der Waals surface area contributed by atoms with E-state index in [1.807, 2.05) is 19.1 Å². The summed E-state index contributed by atoms with van der Waals surface area (Å²) in [5, 5.41) is 0.659. The van der Waals surface area contributed by atoms with Crippen molar-refractivity contribution in [1.29, 1.82) is 0 Å². The van der Waals surface area contributed by atoms with Gasteiger partial charge in [0.1, 0.15) is 0 Å². The molecule has 0 fully saturated rings. The average molecular weight is 305 g/mol. The Balaban J connectivity index is 2.23. The fraction of sp³-hybridized carbons (Fsp3) is 0.250. The van der Waals surface area contributed by atoms with E-state index in [1.54, 1.807) is 43.4 Å². The van der Waals surface area contributed by atoms with Gasteiger partial charge < -0.3 is 9.47 Å². The molecule has 1 aromatic carbocycles. The van der Waals surface area contributed by atoms with Crippen LogP contribution in [0.4, 0.5) is 0 Å². The van der Waals surface area contributed by atoms with Crippen molar-refractivity contribution in [3.63, 3.8) is 0 Å². The lowest BCUT2D eigenvalue weighted by atomic mass is 10.1. The Morgan fingerprint density at radius 3 is 2.43 bits per heavy atom. The quantitative estimate of drug-likeness (QED) is 0.875. The molecule has 0 spiro atoms. The van der Waals surface area contributed by atoms with E-state index in [0.717, 1.165) is 5.56 Å². The Labute approximate surface area is 128 Å². The van der Waals surface area contributed by atoms with E-state index in [4.69, 9.17) is 11.6 Å². The third-order valence-corrected chi connectivity index (χ3v) is 3.86. The van der Waals surface area contributed by atoms with E-state index in [0.29, 0.717) is 10.6 Å². The Kier molecular flexibility index (Phi) is 4.48. The number of halogens is 1. The molecule has 1 aromatic heterocycles. The minimum atomic E-state index is -0.201. The van der Waals surface area contributed by atoms with Gasteiger partial charge in [-0.15, -0.1) is 0 Å². The number of amides is 1. The summed E-state index contributed by atoms with van der Waals surface area (Å²) >= 11 is 5.87. The predicted octanol–water partition coefficient (Wildman–Crippen LogP) is 2.87. The number of pyridine rings is 1. The van der Waals surface area contributed by atoms with E-state index in [-0.39, 0.29) is 17.5 Å². The molecule has 2 aromatic rings. The van der Waals surface area contributed by atoms with Gasteiger partial charge >= 0.3 is 0 Å². The second-order valence-corrected chi connectivity index (χ2v) is 5.44. The number of rotatable bonds is 3. The molecule has 4 nitrogen and oxygen atoms in total. The number of hydrogen-bond donors (Lipinski definition) is 0. The molecular formula is C16H17ClN2O2. The van der Waals surface area contributed by atoms with Crippen LogP contribution >= 0.6 is 11.6 Å². The molecule has 0 saturated carbocycles.